The molecule has 0 amide bonds. The Bertz CT molecular complexity index is 972. The summed E-state index contributed by atoms with van der Waals surface area (Å²) in [5.41, 5.74) is 0.912. The van der Waals surface area contributed by atoms with E-state index in [1.165, 1.54) is 23.8 Å². The summed E-state index contributed by atoms with van der Waals surface area (Å²) in [6.45, 7) is 2.39. The van der Waals surface area contributed by atoms with Crippen molar-refractivity contribution < 1.29 is 17.9 Å². The number of aryl methyl sites for hydroxylation is 1. The van der Waals surface area contributed by atoms with Crippen LogP contribution in [0, 0.1) is 18.3 Å². The average molecular weight is 388 g/mol. The Kier molecular flexibility index (Phi) is 5.58. The molecule has 1 aromatic heterocycles. The Labute approximate surface area is 158 Å². The predicted octanol–water partition coefficient (Wildman–Crippen LogP) is 1.90. The molecule has 27 heavy (non-hydrogen) atoms. The number of methoxy groups -OCH3 is 1. The molecule has 3 rings (SSSR count). The summed E-state index contributed by atoms with van der Waals surface area (Å²) in [6, 6.07) is 6.99. The summed E-state index contributed by atoms with van der Waals surface area (Å²) in [7, 11) is -2.29. The van der Waals surface area contributed by atoms with Crippen molar-refractivity contribution in [3.8, 4) is 17.7 Å². The van der Waals surface area contributed by atoms with Crippen molar-refractivity contribution in [1.82, 2.24) is 14.3 Å². The van der Waals surface area contributed by atoms with Crippen LogP contribution in [0.4, 0.5) is 0 Å². The van der Waals surface area contributed by atoms with Gasteiger partial charge in [0, 0.05) is 18.9 Å². The van der Waals surface area contributed by atoms with E-state index in [0.29, 0.717) is 25.1 Å². The summed E-state index contributed by atoms with van der Waals surface area (Å²) in [4.78, 5) is 8.09. The first-order valence-electron chi connectivity index (χ1n) is 8.48. The Morgan fingerprint density at radius 3 is 2.81 bits per heavy atom. The topological polar surface area (TPSA) is 105 Å². The van der Waals surface area contributed by atoms with Gasteiger partial charge in [0.05, 0.1) is 13.7 Å². The molecule has 1 aliphatic heterocycles. The van der Waals surface area contributed by atoms with E-state index >= 15 is 0 Å². The summed E-state index contributed by atoms with van der Waals surface area (Å²) < 4.78 is 38.7. The molecule has 0 N–H and O–H groups in total. The second-order valence-electron chi connectivity index (χ2n) is 6.22. The monoisotopic (exact) mass is 388 g/mol. The van der Waals surface area contributed by atoms with Crippen LogP contribution in [0.1, 0.15) is 24.1 Å². The van der Waals surface area contributed by atoms with Crippen molar-refractivity contribution in [2.75, 3.05) is 20.2 Å². The lowest BCUT2D eigenvalue weighted by Crippen LogP contribution is -2.44. The Morgan fingerprint density at radius 1 is 1.30 bits per heavy atom. The van der Waals surface area contributed by atoms with E-state index in [9.17, 15) is 8.42 Å². The summed E-state index contributed by atoms with van der Waals surface area (Å²) >= 11 is 0. The first-order valence-corrected chi connectivity index (χ1v) is 9.92. The van der Waals surface area contributed by atoms with Crippen LogP contribution in [-0.4, -0.2) is 49.0 Å². The van der Waals surface area contributed by atoms with Gasteiger partial charge in [-0.1, -0.05) is 6.07 Å². The van der Waals surface area contributed by atoms with Gasteiger partial charge in [-0.2, -0.15) is 9.57 Å². The molecule has 9 heteroatoms. The second-order valence-corrected chi connectivity index (χ2v) is 8.13. The largest absolute Gasteiger partial charge is 0.495 e. The third kappa shape index (κ3) is 4.02. The third-order valence-corrected chi connectivity index (χ3v) is 6.21. The molecule has 2 heterocycles. The minimum absolute atomic E-state index is 0.0813. The quantitative estimate of drug-likeness (QED) is 0.770. The number of ether oxygens (including phenoxy) is 2. The molecule has 1 aliphatic rings. The van der Waals surface area contributed by atoms with E-state index in [2.05, 4.69) is 9.97 Å². The van der Waals surface area contributed by atoms with Gasteiger partial charge in [-0.15, -0.1) is 0 Å². The molecule has 1 fully saturated rings. The molecule has 1 saturated heterocycles. The molecule has 0 saturated carbocycles. The van der Waals surface area contributed by atoms with Crippen LogP contribution >= 0.6 is 0 Å². The number of hydrogen-bond donors (Lipinski definition) is 0. The number of hydrogen-bond acceptors (Lipinski definition) is 7. The SMILES string of the molecule is COc1ccc(C)cc1S(=O)(=O)N1CCC[C@@H](Oc2nccnc2C#N)C1. The molecule has 0 bridgehead atoms. The maximum atomic E-state index is 13.2. The van der Waals surface area contributed by atoms with Gasteiger partial charge < -0.3 is 9.47 Å². The number of nitrogens with zero attached hydrogens (tertiary/aromatic N) is 4. The van der Waals surface area contributed by atoms with Gasteiger partial charge in [0.25, 0.3) is 5.88 Å². The summed E-state index contributed by atoms with van der Waals surface area (Å²) in [5.74, 6) is 0.432. The Hall–Kier alpha value is -2.70. The minimum Gasteiger partial charge on any atom is -0.495 e. The fraction of sp³-hybridized carbons (Fsp3) is 0.389. The smallest absolute Gasteiger partial charge is 0.251 e. The lowest BCUT2D eigenvalue weighted by molar-refractivity contribution is 0.123. The van der Waals surface area contributed by atoms with Crippen LogP contribution in [0.25, 0.3) is 0 Å². The zero-order chi connectivity index (χ0) is 19.4. The van der Waals surface area contributed by atoms with Gasteiger partial charge in [-0.3, -0.25) is 0 Å². The number of sulfonamides is 1. The predicted molar refractivity (Wildman–Crippen MR) is 96.9 cm³/mol. The van der Waals surface area contributed by atoms with E-state index in [1.807, 2.05) is 13.0 Å². The molecule has 142 valence electrons. The molecule has 0 unspecified atom stereocenters. The fourth-order valence-electron chi connectivity index (χ4n) is 2.99. The molecular weight excluding hydrogens is 368 g/mol. The maximum absolute atomic E-state index is 13.2. The number of benzene rings is 1. The number of rotatable bonds is 5. The average Bonchev–Trinajstić information content (AvgIpc) is 2.68. The maximum Gasteiger partial charge on any atom is 0.251 e. The van der Waals surface area contributed by atoms with Gasteiger partial charge in [0.1, 0.15) is 22.8 Å². The van der Waals surface area contributed by atoms with Crippen LogP contribution < -0.4 is 9.47 Å². The van der Waals surface area contributed by atoms with Crippen molar-refractivity contribution in [3.63, 3.8) is 0 Å². The van der Waals surface area contributed by atoms with Crippen LogP contribution in [0.3, 0.4) is 0 Å². The molecule has 0 spiro atoms. The Morgan fingerprint density at radius 2 is 2.07 bits per heavy atom. The standard InChI is InChI=1S/C18H20N4O4S/c1-13-5-6-16(25-2)17(10-13)27(23,24)22-9-3-4-14(12-22)26-18-15(11-19)20-7-8-21-18/h5-8,10,14H,3-4,9,12H2,1-2H3/t14-/m1/s1. The molecule has 1 atom stereocenters. The Balaban J connectivity index is 1.84. The highest BCUT2D eigenvalue weighted by molar-refractivity contribution is 7.89. The molecule has 2 aromatic rings. The van der Waals surface area contributed by atoms with E-state index in [-0.39, 0.29) is 23.0 Å². The molecule has 8 nitrogen and oxygen atoms in total. The van der Waals surface area contributed by atoms with Gasteiger partial charge in [0.2, 0.25) is 15.7 Å². The van der Waals surface area contributed by atoms with Crippen molar-refractivity contribution in [1.29, 1.82) is 5.26 Å². The highest BCUT2D eigenvalue weighted by Crippen LogP contribution is 2.30. The fourth-order valence-corrected chi connectivity index (χ4v) is 4.74. The third-order valence-electron chi connectivity index (χ3n) is 4.33. The molecule has 0 aliphatic carbocycles. The zero-order valence-corrected chi connectivity index (χ0v) is 15.9. The van der Waals surface area contributed by atoms with Crippen LogP contribution in [0.15, 0.2) is 35.5 Å². The van der Waals surface area contributed by atoms with Gasteiger partial charge >= 0.3 is 0 Å². The van der Waals surface area contributed by atoms with Crippen molar-refractivity contribution in [2.45, 2.75) is 30.8 Å². The highest BCUT2D eigenvalue weighted by Gasteiger charge is 2.33. The normalized spacial score (nSPS) is 17.9. The molecule has 0 radical (unpaired) electrons. The van der Waals surface area contributed by atoms with E-state index in [1.54, 1.807) is 18.2 Å². The van der Waals surface area contributed by atoms with Crippen LogP contribution in [0.2, 0.25) is 0 Å². The van der Waals surface area contributed by atoms with Crippen LogP contribution in [0.5, 0.6) is 11.6 Å². The number of piperidine rings is 1. The lowest BCUT2D eigenvalue weighted by Gasteiger charge is -2.32. The molecular formula is C18H20N4O4S. The van der Waals surface area contributed by atoms with Crippen LogP contribution in [-0.2, 0) is 10.0 Å². The van der Waals surface area contributed by atoms with Gasteiger partial charge in [-0.05, 0) is 37.5 Å². The highest BCUT2D eigenvalue weighted by atomic mass is 32.2. The van der Waals surface area contributed by atoms with Crippen molar-refractivity contribution in [2.24, 2.45) is 0 Å². The van der Waals surface area contributed by atoms with Crippen molar-refractivity contribution >= 4 is 10.0 Å². The van der Waals surface area contributed by atoms with E-state index in [0.717, 1.165) is 5.56 Å². The summed E-state index contributed by atoms with van der Waals surface area (Å²) in [6.07, 6.45) is 3.74. The lowest BCUT2D eigenvalue weighted by atomic mass is 10.1. The van der Waals surface area contributed by atoms with E-state index in [4.69, 9.17) is 14.7 Å². The van der Waals surface area contributed by atoms with E-state index < -0.39 is 16.1 Å². The van der Waals surface area contributed by atoms with Crippen molar-refractivity contribution in [3.05, 3.63) is 41.9 Å². The minimum atomic E-state index is -3.74. The second kappa shape index (κ2) is 7.90. The zero-order valence-electron chi connectivity index (χ0n) is 15.1. The molecule has 1 aromatic carbocycles. The number of nitriles is 1. The van der Waals surface area contributed by atoms with Gasteiger partial charge in [-0.25, -0.2) is 18.4 Å². The summed E-state index contributed by atoms with van der Waals surface area (Å²) in [5, 5.41) is 9.11. The number of aromatic nitrogens is 2. The van der Waals surface area contributed by atoms with Gasteiger partial charge in [0.15, 0.2) is 0 Å². The first-order chi connectivity index (χ1) is 13.0. The first kappa shape index (κ1) is 19.1.